The van der Waals surface area contributed by atoms with Crippen molar-refractivity contribution in [2.45, 2.75) is 31.5 Å². The van der Waals surface area contributed by atoms with Crippen LogP contribution in [0, 0.1) is 0 Å². The Balaban J connectivity index is 2.03. The molecule has 0 fully saturated rings. The first kappa shape index (κ1) is 16.4. The lowest BCUT2D eigenvalue weighted by atomic mass is 9.86. The van der Waals surface area contributed by atoms with Gasteiger partial charge in [0.2, 0.25) is 0 Å². The zero-order valence-electron chi connectivity index (χ0n) is 12.8. The average molecular weight is 335 g/mol. The van der Waals surface area contributed by atoms with Crippen LogP contribution in [-0.4, -0.2) is 6.09 Å². The van der Waals surface area contributed by atoms with Crippen molar-refractivity contribution in [3.63, 3.8) is 0 Å². The molecule has 0 spiro atoms. The number of aryl methyl sites for hydroxylation is 1. The molecule has 1 atom stereocenters. The second-order valence-electron chi connectivity index (χ2n) is 5.77. The Hall–Kier alpha value is -2.50. The largest absolute Gasteiger partial charge is 0.442 e. The molecule has 0 saturated carbocycles. The van der Waals surface area contributed by atoms with Crippen molar-refractivity contribution < 1.29 is 22.7 Å². The fraction of sp³-hybridized carbons (Fsp3) is 0.278. The second kappa shape index (κ2) is 6.19. The van der Waals surface area contributed by atoms with E-state index in [0.717, 1.165) is 30.0 Å². The molecule has 126 valence electrons. The summed E-state index contributed by atoms with van der Waals surface area (Å²) in [7, 11) is 0. The van der Waals surface area contributed by atoms with Gasteiger partial charge in [-0.05, 0) is 47.6 Å². The smallest absolute Gasteiger partial charge is 0.417 e. The maximum absolute atomic E-state index is 13.2. The Morgan fingerprint density at radius 3 is 2.62 bits per heavy atom. The van der Waals surface area contributed by atoms with Crippen LogP contribution in [0.3, 0.4) is 0 Å². The monoisotopic (exact) mass is 335 g/mol. The minimum absolute atomic E-state index is 0.144. The predicted octanol–water partition coefficient (Wildman–Crippen LogP) is 4.85. The number of nitrogens with two attached hydrogens (primary N) is 1. The SMILES string of the molecule is NC(=O)OC1CCCc2cc(-c3ccccc3C(F)(F)F)ccc21. The molecule has 6 heteroatoms. The lowest BCUT2D eigenvalue weighted by Crippen LogP contribution is -2.20. The normalized spacial score (nSPS) is 17.2. The molecule has 3 rings (SSSR count). The Morgan fingerprint density at radius 2 is 1.92 bits per heavy atom. The average Bonchev–Trinajstić information content (AvgIpc) is 2.53. The number of alkyl halides is 3. The van der Waals surface area contributed by atoms with Crippen molar-refractivity contribution in [3.8, 4) is 11.1 Å². The van der Waals surface area contributed by atoms with Crippen molar-refractivity contribution >= 4 is 6.09 Å². The van der Waals surface area contributed by atoms with E-state index in [1.165, 1.54) is 12.1 Å². The van der Waals surface area contributed by atoms with Gasteiger partial charge in [-0.2, -0.15) is 13.2 Å². The fourth-order valence-corrected chi connectivity index (χ4v) is 3.18. The van der Waals surface area contributed by atoms with Crippen LogP contribution in [0.4, 0.5) is 18.0 Å². The summed E-state index contributed by atoms with van der Waals surface area (Å²) in [4.78, 5) is 11.0. The summed E-state index contributed by atoms with van der Waals surface area (Å²) in [5, 5.41) is 0. The number of amides is 1. The van der Waals surface area contributed by atoms with Crippen molar-refractivity contribution in [2.24, 2.45) is 5.73 Å². The Morgan fingerprint density at radius 1 is 1.17 bits per heavy atom. The van der Waals surface area contributed by atoms with Gasteiger partial charge in [-0.3, -0.25) is 0 Å². The Labute approximate surface area is 137 Å². The summed E-state index contributed by atoms with van der Waals surface area (Å²) < 4.78 is 44.7. The van der Waals surface area contributed by atoms with Crippen LogP contribution in [0.1, 0.15) is 35.6 Å². The van der Waals surface area contributed by atoms with Crippen LogP contribution in [0.2, 0.25) is 0 Å². The van der Waals surface area contributed by atoms with Crippen molar-refractivity contribution in [1.82, 2.24) is 0 Å². The zero-order chi connectivity index (χ0) is 17.3. The minimum atomic E-state index is -4.41. The number of benzene rings is 2. The van der Waals surface area contributed by atoms with Crippen LogP contribution in [-0.2, 0) is 17.3 Å². The standard InChI is InChI=1S/C18H16F3NO2/c19-18(20,21)15-6-2-1-5-13(15)12-8-9-14-11(10-12)4-3-7-16(14)24-17(22)23/h1-2,5-6,8-10,16H,3-4,7H2,(H2,22,23). The topological polar surface area (TPSA) is 52.3 Å². The van der Waals surface area contributed by atoms with Gasteiger partial charge in [0.25, 0.3) is 0 Å². The van der Waals surface area contributed by atoms with Gasteiger partial charge in [0.1, 0.15) is 6.10 Å². The molecular weight excluding hydrogens is 319 g/mol. The van der Waals surface area contributed by atoms with Crippen LogP contribution in [0.5, 0.6) is 0 Å². The molecule has 1 unspecified atom stereocenters. The number of hydrogen-bond donors (Lipinski definition) is 1. The first-order valence-electron chi connectivity index (χ1n) is 7.62. The van der Waals surface area contributed by atoms with E-state index < -0.39 is 23.9 Å². The Bertz CT molecular complexity index is 771. The lowest BCUT2D eigenvalue weighted by molar-refractivity contribution is -0.137. The summed E-state index contributed by atoms with van der Waals surface area (Å²) in [6.07, 6.45) is -3.51. The molecule has 24 heavy (non-hydrogen) atoms. The van der Waals surface area contributed by atoms with Crippen LogP contribution in [0.15, 0.2) is 42.5 Å². The highest BCUT2D eigenvalue weighted by molar-refractivity contribution is 5.70. The lowest BCUT2D eigenvalue weighted by Gasteiger charge is -2.25. The van der Waals surface area contributed by atoms with Gasteiger partial charge < -0.3 is 10.5 Å². The van der Waals surface area contributed by atoms with E-state index in [1.807, 2.05) is 0 Å². The molecule has 3 nitrogen and oxygen atoms in total. The predicted molar refractivity (Wildman–Crippen MR) is 83.2 cm³/mol. The van der Waals surface area contributed by atoms with Gasteiger partial charge in [0, 0.05) is 0 Å². The molecule has 1 amide bonds. The fourth-order valence-electron chi connectivity index (χ4n) is 3.18. The van der Waals surface area contributed by atoms with E-state index in [1.54, 1.807) is 24.3 Å². The van der Waals surface area contributed by atoms with Crippen molar-refractivity contribution in [2.75, 3.05) is 0 Å². The van der Waals surface area contributed by atoms with E-state index in [9.17, 15) is 18.0 Å². The van der Waals surface area contributed by atoms with Gasteiger partial charge in [-0.1, -0.05) is 36.4 Å². The van der Waals surface area contributed by atoms with Gasteiger partial charge in [0.05, 0.1) is 5.56 Å². The highest BCUT2D eigenvalue weighted by Crippen LogP contribution is 2.39. The summed E-state index contributed by atoms with van der Waals surface area (Å²) in [5.74, 6) is 0. The molecule has 0 aromatic heterocycles. The van der Waals surface area contributed by atoms with E-state index in [-0.39, 0.29) is 5.56 Å². The highest BCUT2D eigenvalue weighted by Gasteiger charge is 2.33. The van der Waals surface area contributed by atoms with Gasteiger partial charge >= 0.3 is 12.3 Å². The first-order valence-corrected chi connectivity index (χ1v) is 7.62. The molecule has 2 aromatic carbocycles. The number of hydrogen-bond acceptors (Lipinski definition) is 2. The van der Waals surface area contributed by atoms with Crippen molar-refractivity contribution in [1.29, 1.82) is 0 Å². The summed E-state index contributed by atoms with van der Waals surface area (Å²) >= 11 is 0. The molecule has 0 bridgehead atoms. The molecule has 0 heterocycles. The maximum Gasteiger partial charge on any atom is 0.417 e. The molecule has 2 aromatic rings. The molecule has 1 aliphatic carbocycles. The summed E-state index contributed by atoms with van der Waals surface area (Å²) in [6.45, 7) is 0. The van der Waals surface area contributed by atoms with Gasteiger partial charge in [0.15, 0.2) is 0 Å². The summed E-state index contributed by atoms with van der Waals surface area (Å²) in [6, 6.07) is 10.6. The van der Waals surface area contributed by atoms with Crippen LogP contribution in [0.25, 0.3) is 11.1 Å². The highest BCUT2D eigenvalue weighted by atomic mass is 19.4. The van der Waals surface area contributed by atoms with Gasteiger partial charge in [-0.15, -0.1) is 0 Å². The van der Waals surface area contributed by atoms with E-state index in [4.69, 9.17) is 10.5 Å². The van der Waals surface area contributed by atoms with E-state index >= 15 is 0 Å². The number of primary amides is 1. The van der Waals surface area contributed by atoms with Gasteiger partial charge in [-0.25, -0.2) is 4.79 Å². The first-order chi connectivity index (χ1) is 11.4. The number of ether oxygens (including phenoxy) is 1. The van der Waals surface area contributed by atoms with E-state index in [2.05, 4.69) is 0 Å². The maximum atomic E-state index is 13.2. The number of halogens is 3. The third kappa shape index (κ3) is 3.22. The van der Waals surface area contributed by atoms with Crippen LogP contribution >= 0.6 is 0 Å². The van der Waals surface area contributed by atoms with E-state index in [0.29, 0.717) is 12.0 Å². The zero-order valence-corrected chi connectivity index (χ0v) is 12.8. The molecule has 0 saturated heterocycles. The molecule has 1 aliphatic rings. The van der Waals surface area contributed by atoms with Crippen molar-refractivity contribution in [3.05, 3.63) is 59.2 Å². The van der Waals surface area contributed by atoms with Crippen LogP contribution < -0.4 is 5.73 Å². The number of carbonyl (C=O) groups excluding carboxylic acids is 1. The third-order valence-electron chi connectivity index (χ3n) is 4.20. The number of fused-ring (bicyclic) bond motifs is 1. The molecular formula is C18H16F3NO2. The summed E-state index contributed by atoms with van der Waals surface area (Å²) in [5.41, 5.74) is 6.77. The molecule has 2 N–H and O–H groups in total. The number of rotatable bonds is 2. The Kier molecular flexibility index (Phi) is 4.22. The quantitative estimate of drug-likeness (QED) is 0.853. The molecule has 0 aliphatic heterocycles. The number of carbonyl (C=O) groups is 1. The molecule has 0 radical (unpaired) electrons. The third-order valence-corrected chi connectivity index (χ3v) is 4.20. The second-order valence-corrected chi connectivity index (χ2v) is 5.77. The minimum Gasteiger partial charge on any atom is -0.442 e.